The van der Waals surface area contributed by atoms with Crippen molar-refractivity contribution in [1.82, 2.24) is 5.32 Å². The Labute approximate surface area is 214 Å². The molecular formula is C28H41NO5S. The van der Waals surface area contributed by atoms with Gasteiger partial charge in [-0.3, -0.25) is 4.79 Å². The summed E-state index contributed by atoms with van der Waals surface area (Å²) in [5, 5.41) is 13.1. The van der Waals surface area contributed by atoms with Crippen LogP contribution in [0.25, 0.3) is 0 Å². The van der Waals surface area contributed by atoms with Gasteiger partial charge in [-0.1, -0.05) is 46.8 Å². The second-order valence-corrected chi connectivity index (χ2v) is 11.4. The largest absolute Gasteiger partial charge is 0.491 e. The summed E-state index contributed by atoms with van der Waals surface area (Å²) in [6.45, 7) is 16.1. The number of amides is 1. The average molecular weight is 504 g/mol. The summed E-state index contributed by atoms with van der Waals surface area (Å²) in [5.41, 5.74) is 2.56. The number of aliphatic hydroxyl groups is 1. The highest BCUT2D eigenvalue weighted by molar-refractivity contribution is 7.14. The molecule has 2 rings (SSSR count). The summed E-state index contributed by atoms with van der Waals surface area (Å²) in [5.74, 6) is 0.0181. The lowest BCUT2D eigenvalue weighted by atomic mass is 9.74. The number of hydrogen-bond acceptors (Lipinski definition) is 6. The van der Waals surface area contributed by atoms with E-state index >= 15 is 0 Å². The topological polar surface area (TPSA) is 84.9 Å². The van der Waals surface area contributed by atoms with Crippen molar-refractivity contribution in [2.24, 2.45) is 5.41 Å². The third kappa shape index (κ3) is 6.44. The molecule has 0 fully saturated rings. The van der Waals surface area contributed by atoms with E-state index in [1.807, 2.05) is 40.7 Å². The van der Waals surface area contributed by atoms with Gasteiger partial charge >= 0.3 is 5.97 Å². The Bertz CT molecular complexity index is 1030. The fourth-order valence-electron chi connectivity index (χ4n) is 4.12. The molecule has 1 unspecified atom stereocenters. The number of aliphatic hydroxyl groups excluding tert-OH is 1. The summed E-state index contributed by atoms with van der Waals surface area (Å²) >= 11 is 1.48. The quantitative estimate of drug-likeness (QED) is 0.415. The van der Waals surface area contributed by atoms with Gasteiger partial charge in [-0.15, -0.1) is 11.3 Å². The first-order valence-corrected chi connectivity index (χ1v) is 13.0. The van der Waals surface area contributed by atoms with E-state index in [1.54, 1.807) is 6.92 Å². The highest BCUT2D eigenvalue weighted by Crippen LogP contribution is 2.44. The molecule has 6 nitrogen and oxygen atoms in total. The fraction of sp³-hybridized carbons (Fsp3) is 0.571. The van der Waals surface area contributed by atoms with E-state index in [1.165, 1.54) is 24.0 Å². The number of methoxy groups -OCH3 is 1. The van der Waals surface area contributed by atoms with E-state index in [4.69, 9.17) is 9.47 Å². The monoisotopic (exact) mass is 503 g/mol. The van der Waals surface area contributed by atoms with Gasteiger partial charge in [-0.05, 0) is 67.9 Å². The third-order valence-corrected chi connectivity index (χ3v) is 8.27. The number of ether oxygens (including phenoxy) is 2. The van der Waals surface area contributed by atoms with Crippen molar-refractivity contribution >= 4 is 23.2 Å². The standard InChI is InChI=1S/C28H41NO5S/c1-10-28(11-2,20-12-13-21(17(3)14-20)34-16-22(30)27(6,7)8)23-15-18(4)24(35-23)25(31)29-19(5)26(32)33-9/h12-15,19,22,30H,10-11,16H2,1-9H3,(H,29,31)/t19-,22?/m1/s1. The number of rotatable bonds is 10. The van der Waals surface area contributed by atoms with Crippen LogP contribution >= 0.6 is 11.3 Å². The maximum absolute atomic E-state index is 12.9. The summed E-state index contributed by atoms with van der Waals surface area (Å²) in [4.78, 5) is 26.4. The number of hydrogen-bond donors (Lipinski definition) is 2. The molecule has 1 amide bonds. The van der Waals surface area contributed by atoms with Crippen LogP contribution in [0, 0.1) is 19.3 Å². The van der Waals surface area contributed by atoms with Gasteiger partial charge in [0, 0.05) is 10.3 Å². The van der Waals surface area contributed by atoms with E-state index in [2.05, 4.69) is 37.4 Å². The summed E-state index contributed by atoms with van der Waals surface area (Å²) in [6.07, 6.45) is 1.17. The first-order valence-electron chi connectivity index (χ1n) is 12.2. The smallest absolute Gasteiger partial charge is 0.328 e. The zero-order valence-corrected chi connectivity index (χ0v) is 23.4. The molecule has 0 aliphatic carbocycles. The molecule has 0 spiro atoms. The number of aryl methyl sites for hydroxylation is 2. The fourth-order valence-corrected chi connectivity index (χ4v) is 5.55. The molecule has 1 heterocycles. The van der Waals surface area contributed by atoms with Gasteiger partial charge in [0.25, 0.3) is 5.91 Å². The molecule has 0 bridgehead atoms. The van der Waals surface area contributed by atoms with Gasteiger partial charge in [-0.25, -0.2) is 4.79 Å². The zero-order valence-electron chi connectivity index (χ0n) is 22.6. The molecule has 2 aromatic rings. The first-order chi connectivity index (χ1) is 16.3. The van der Waals surface area contributed by atoms with Crippen LogP contribution in [0.4, 0.5) is 0 Å². The summed E-state index contributed by atoms with van der Waals surface area (Å²) in [7, 11) is 1.31. The SMILES string of the molecule is CCC(CC)(c1ccc(OCC(O)C(C)(C)C)c(C)c1)c1cc(C)c(C(=O)N[C@H](C)C(=O)OC)s1. The van der Waals surface area contributed by atoms with Gasteiger partial charge in [0.05, 0.1) is 18.1 Å². The Kier molecular flexibility index (Phi) is 9.54. The minimum Gasteiger partial charge on any atom is -0.491 e. The predicted molar refractivity (Wildman–Crippen MR) is 141 cm³/mol. The molecule has 1 aromatic carbocycles. The molecule has 7 heteroatoms. The zero-order chi connectivity index (χ0) is 26.6. The molecule has 0 saturated carbocycles. The molecule has 2 N–H and O–H groups in total. The van der Waals surface area contributed by atoms with Gasteiger partial charge < -0.3 is 19.9 Å². The number of carbonyl (C=O) groups excluding carboxylic acids is 2. The molecule has 2 atom stereocenters. The third-order valence-electron chi connectivity index (χ3n) is 6.83. The van der Waals surface area contributed by atoms with Crippen molar-refractivity contribution in [3.05, 3.63) is 50.7 Å². The molecule has 0 aliphatic rings. The van der Waals surface area contributed by atoms with Crippen LogP contribution in [-0.4, -0.2) is 42.8 Å². The molecule has 35 heavy (non-hydrogen) atoms. The normalized spacial score (nSPS) is 13.8. The van der Waals surface area contributed by atoms with E-state index in [-0.39, 0.29) is 23.3 Å². The Morgan fingerprint density at radius 3 is 2.23 bits per heavy atom. The van der Waals surface area contributed by atoms with Crippen LogP contribution in [0.15, 0.2) is 24.3 Å². The van der Waals surface area contributed by atoms with E-state index < -0.39 is 18.1 Å². The van der Waals surface area contributed by atoms with Gasteiger partial charge in [0.2, 0.25) is 0 Å². The molecular weight excluding hydrogens is 462 g/mol. The van der Waals surface area contributed by atoms with E-state index in [0.717, 1.165) is 34.6 Å². The van der Waals surface area contributed by atoms with Crippen molar-refractivity contribution in [3.8, 4) is 5.75 Å². The lowest BCUT2D eigenvalue weighted by Gasteiger charge is -2.32. The summed E-state index contributed by atoms with van der Waals surface area (Å²) in [6, 6.07) is 7.60. The lowest BCUT2D eigenvalue weighted by Crippen LogP contribution is -2.39. The van der Waals surface area contributed by atoms with Crippen molar-refractivity contribution in [2.75, 3.05) is 13.7 Å². The van der Waals surface area contributed by atoms with Crippen LogP contribution in [0.3, 0.4) is 0 Å². The van der Waals surface area contributed by atoms with Crippen molar-refractivity contribution < 1.29 is 24.2 Å². The van der Waals surface area contributed by atoms with Crippen LogP contribution in [0.5, 0.6) is 5.75 Å². The number of esters is 1. The van der Waals surface area contributed by atoms with E-state index in [0.29, 0.717) is 4.88 Å². The molecule has 194 valence electrons. The Balaban J connectivity index is 2.36. The van der Waals surface area contributed by atoms with Crippen LogP contribution in [0.2, 0.25) is 0 Å². The van der Waals surface area contributed by atoms with Crippen molar-refractivity contribution in [1.29, 1.82) is 0 Å². The van der Waals surface area contributed by atoms with Gasteiger partial charge in [0.1, 0.15) is 18.4 Å². The Morgan fingerprint density at radius 1 is 1.09 bits per heavy atom. The average Bonchev–Trinajstić information content (AvgIpc) is 3.20. The van der Waals surface area contributed by atoms with Crippen molar-refractivity contribution in [2.45, 2.75) is 85.8 Å². The maximum Gasteiger partial charge on any atom is 0.328 e. The Hall–Kier alpha value is -2.38. The van der Waals surface area contributed by atoms with Crippen LogP contribution in [0.1, 0.15) is 85.6 Å². The van der Waals surface area contributed by atoms with Crippen LogP contribution in [-0.2, 0) is 14.9 Å². The first kappa shape index (κ1) is 28.9. The molecule has 0 aliphatic heterocycles. The highest BCUT2D eigenvalue weighted by atomic mass is 32.1. The number of nitrogens with one attached hydrogen (secondary N) is 1. The second kappa shape index (κ2) is 11.6. The number of benzene rings is 1. The number of thiophene rings is 1. The second-order valence-electron chi connectivity index (χ2n) is 10.3. The van der Waals surface area contributed by atoms with Gasteiger partial charge in [0.15, 0.2) is 0 Å². The minimum atomic E-state index is -0.716. The molecule has 0 saturated heterocycles. The summed E-state index contributed by atoms with van der Waals surface area (Å²) < 4.78 is 10.7. The molecule has 0 radical (unpaired) electrons. The van der Waals surface area contributed by atoms with Crippen molar-refractivity contribution in [3.63, 3.8) is 0 Å². The Morgan fingerprint density at radius 2 is 1.71 bits per heavy atom. The van der Waals surface area contributed by atoms with Crippen LogP contribution < -0.4 is 10.1 Å². The highest BCUT2D eigenvalue weighted by Gasteiger charge is 2.34. The maximum atomic E-state index is 12.9. The predicted octanol–water partition coefficient (Wildman–Crippen LogP) is 5.55. The molecule has 1 aromatic heterocycles. The number of carbonyl (C=O) groups is 2. The lowest BCUT2D eigenvalue weighted by molar-refractivity contribution is -0.142. The van der Waals surface area contributed by atoms with Gasteiger partial charge in [-0.2, -0.15) is 0 Å². The van der Waals surface area contributed by atoms with E-state index in [9.17, 15) is 14.7 Å². The minimum absolute atomic E-state index is 0.239.